The van der Waals surface area contributed by atoms with Gasteiger partial charge in [0.25, 0.3) is 15.9 Å². The fourth-order valence-corrected chi connectivity index (χ4v) is 6.24. The van der Waals surface area contributed by atoms with Gasteiger partial charge >= 0.3 is 0 Å². The average Bonchev–Trinajstić information content (AvgIpc) is 3.20. The van der Waals surface area contributed by atoms with Crippen LogP contribution in [-0.4, -0.2) is 38.8 Å². The van der Waals surface area contributed by atoms with E-state index in [2.05, 4.69) is 47.1 Å². The highest BCUT2D eigenvalue weighted by Gasteiger charge is 2.29. The van der Waals surface area contributed by atoms with Crippen molar-refractivity contribution in [3.05, 3.63) is 106 Å². The number of ether oxygens (including phenoxy) is 1. The third kappa shape index (κ3) is 6.36. The lowest BCUT2D eigenvalue weighted by atomic mass is 10.1. The van der Waals surface area contributed by atoms with Crippen LogP contribution in [0.2, 0.25) is 0 Å². The van der Waals surface area contributed by atoms with Gasteiger partial charge in [-0.15, -0.1) is 0 Å². The number of methoxy groups -OCH3 is 1. The van der Waals surface area contributed by atoms with Crippen molar-refractivity contribution in [2.75, 3.05) is 18.0 Å². The van der Waals surface area contributed by atoms with Gasteiger partial charge in [-0.05, 0) is 89.1 Å². The summed E-state index contributed by atoms with van der Waals surface area (Å²) in [5.41, 5.74) is 10.8. The number of rotatable bonds is 9. The number of hydrogen-bond donors (Lipinski definition) is 1. The SMILES string of the molecule is COc1ccc(C)cc1N(CC(=O)N/N=C\c1cc(C)n(-c2ccc(C)cc2C)c1C)S(=O)(=O)c1ccc(C)cc1. The summed E-state index contributed by atoms with van der Waals surface area (Å²) in [6.45, 7) is 11.4. The third-order valence-corrected chi connectivity index (χ3v) is 8.73. The number of carbonyl (C=O) groups excluding carboxylic acids is 1. The van der Waals surface area contributed by atoms with E-state index in [1.54, 1.807) is 30.5 Å². The zero-order valence-corrected chi connectivity index (χ0v) is 25.3. The minimum atomic E-state index is -4.10. The molecule has 8 nitrogen and oxygen atoms in total. The van der Waals surface area contributed by atoms with Gasteiger partial charge in [-0.1, -0.05) is 41.5 Å². The highest BCUT2D eigenvalue weighted by molar-refractivity contribution is 7.92. The van der Waals surface area contributed by atoms with Crippen LogP contribution in [0.4, 0.5) is 5.69 Å². The Morgan fingerprint density at radius 1 is 0.902 bits per heavy atom. The number of anilines is 1. The van der Waals surface area contributed by atoms with Gasteiger partial charge in [0.2, 0.25) is 0 Å². The lowest BCUT2D eigenvalue weighted by molar-refractivity contribution is -0.119. The predicted molar refractivity (Wildman–Crippen MR) is 164 cm³/mol. The van der Waals surface area contributed by atoms with E-state index in [0.29, 0.717) is 5.75 Å². The molecule has 9 heteroatoms. The molecule has 1 N–H and O–H groups in total. The fraction of sp³-hybridized carbons (Fsp3) is 0.250. The van der Waals surface area contributed by atoms with Gasteiger partial charge in [-0.25, -0.2) is 13.8 Å². The molecular weight excluding hydrogens is 536 g/mol. The standard InChI is InChI=1S/C32H36N4O4S/c1-21-8-12-28(13-9-21)41(38,39)35(30-17-23(3)11-15-31(30)40-7)20-32(37)34-33-19-27-18-25(5)36(26(27)6)29-14-10-22(2)16-24(29)4/h8-19H,20H2,1-7H3,(H,34,37)/b33-19-. The zero-order chi connectivity index (χ0) is 29.9. The van der Waals surface area contributed by atoms with E-state index in [-0.39, 0.29) is 10.6 Å². The first-order valence-electron chi connectivity index (χ1n) is 13.2. The van der Waals surface area contributed by atoms with Crippen LogP contribution in [-0.2, 0) is 14.8 Å². The molecule has 0 fully saturated rings. The van der Waals surface area contributed by atoms with Crippen molar-refractivity contribution in [1.29, 1.82) is 0 Å². The van der Waals surface area contributed by atoms with Crippen molar-refractivity contribution in [3.63, 3.8) is 0 Å². The van der Waals surface area contributed by atoms with Crippen molar-refractivity contribution in [2.24, 2.45) is 5.10 Å². The summed E-state index contributed by atoms with van der Waals surface area (Å²) < 4.78 is 36.2. The van der Waals surface area contributed by atoms with Gasteiger partial charge in [-0.2, -0.15) is 5.10 Å². The molecule has 0 aliphatic heterocycles. The number of hydrazone groups is 1. The second kappa shape index (κ2) is 12.0. The molecule has 0 aliphatic rings. The van der Waals surface area contributed by atoms with E-state index in [9.17, 15) is 13.2 Å². The monoisotopic (exact) mass is 572 g/mol. The molecule has 0 bridgehead atoms. The second-order valence-electron chi connectivity index (χ2n) is 10.2. The van der Waals surface area contributed by atoms with E-state index in [1.807, 2.05) is 39.8 Å². The summed E-state index contributed by atoms with van der Waals surface area (Å²) >= 11 is 0. The van der Waals surface area contributed by atoms with Crippen molar-refractivity contribution < 1.29 is 17.9 Å². The lowest BCUT2D eigenvalue weighted by Gasteiger charge is -2.25. The Kier molecular flexibility index (Phi) is 8.68. The van der Waals surface area contributed by atoms with E-state index in [1.165, 1.54) is 24.8 Å². The van der Waals surface area contributed by atoms with Crippen LogP contribution < -0.4 is 14.5 Å². The first kappa shape index (κ1) is 29.6. The number of benzene rings is 3. The maximum Gasteiger partial charge on any atom is 0.264 e. The number of carbonyl (C=O) groups is 1. The van der Waals surface area contributed by atoms with Crippen LogP contribution in [0, 0.1) is 41.5 Å². The predicted octanol–water partition coefficient (Wildman–Crippen LogP) is 5.68. The maximum absolute atomic E-state index is 13.8. The average molecular weight is 573 g/mol. The Hall–Kier alpha value is -4.37. The van der Waals surface area contributed by atoms with Crippen molar-refractivity contribution >= 4 is 27.8 Å². The number of amides is 1. The van der Waals surface area contributed by atoms with Gasteiger partial charge in [0.15, 0.2) is 0 Å². The van der Waals surface area contributed by atoms with Crippen molar-refractivity contribution in [3.8, 4) is 11.4 Å². The molecule has 0 unspecified atom stereocenters. The van der Waals surface area contributed by atoms with Crippen molar-refractivity contribution in [1.82, 2.24) is 9.99 Å². The molecule has 1 aromatic heterocycles. The number of sulfonamides is 1. The molecule has 1 heterocycles. The highest BCUT2D eigenvalue weighted by atomic mass is 32.2. The van der Waals surface area contributed by atoms with Crippen LogP contribution in [0.5, 0.6) is 5.75 Å². The van der Waals surface area contributed by atoms with Gasteiger partial charge in [0, 0.05) is 22.6 Å². The van der Waals surface area contributed by atoms with E-state index < -0.39 is 22.5 Å². The molecule has 214 valence electrons. The summed E-state index contributed by atoms with van der Waals surface area (Å²) in [7, 11) is -2.64. The Morgan fingerprint density at radius 3 is 2.20 bits per heavy atom. The second-order valence-corrected chi connectivity index (χ2v) is 12.1. The van der Waals surface area contributed by atoms with Gasteiger partial charge in [0.05, 0.1) is 23.9 Å². The van der Waals surface area contributed by atoms with Gasteiger partial charge < -0.3 is 9.30 Å². The zero-order valence-electron chi connectivity index (χ0n) is 24.5. The molecule has 4 rings (SSSR count). The number of aromatic nitrogens is 1. The summed E-state index contributed by atoms with van der Waals surface area (Å²) in [4.78, 5) is 13.2. The van der Waals surface area contributed by atoms with E-state index in [0.717, 1.165) is 43.6 Å². The number of hydrogen-bond acceptors (Lipinski definition) is 5. The minimum absolute atomic E-state index is 0.0711. The quantitative estimate of drug-likeness (QED) is 0.206. The van der Waals surface area contributed by atoms with Gasteiger partial charge in [-0.3, -0.25) is 9.10 Å². The van der Waals surface area contributed by atoms with Crippen LogP contribution in [0.1, 0.15) is 39.2 Å². The summed E-state index contributed by atoms with van der Waals surface area (Å²) in [6, 6.07) is 20.0. The number of nitrogens with zero attached hydrogens (tertiary/aromatic N) is 3. The molecule has 4 aromatic rings. The molecule has 0 radical (unpaired) electrons. The molecule has 0 spiro atoms. The van der Waals surface area contributed by atoms with E-state index in [4.69, 9.17) is 4.74 Å². The Bertz CT molecular complexity index is 1720. The molecule has 0 atom stereocenters. The first-order valence-corrected chi connectivity index (χ1v) is 14.7. The molecule has 1 amide bonds. The maximum atomic E-state index is 13.8. The Morgan fingerprint density at radius 2 is 1.54 bits per heavy atom. The summed E-state index contributed by atoms with van der Waals surface area (Å²) in [5, 5.41) is 4.17. The molecule has 0 saturated carbocycles. The highest BCUT2D eigenvalue weighted by Crippen LogP contribution is 2.33. The largest absolute Gasteiger partial charge is 0.495 e. The summed E-state index contributed by atoms with van der Waals surface area (Å²) in [6.07, 6.45) is 1.58. The molecule has 0 aliphatic carbocycles. The number of nitrogens with one attached hydrogen (secondary N) is 1. The van der Waals surface area contributed by atoms with Gasteiger partial charge in [0.1, 0.15) is 12.3 Å². The van der Waals surface area contributed by atoms with Crippen LogP contribution in [0.3, 0.4) is 0 Å². The lowest BCUT2D eigenvalue weighted by Crippen LogP contribution is -2.39. The summed E-state index contributed by atoms with van der Waals surface area (Å²) in [5.74, 6) is -0.259. The van der Waals surface area contributed by atoms with E-state index >= 15 is 0 Å². The van der Waals surface area contributed by atoms with Crippen LogP contribution in [0.15, 0.2) is 76.7 Å². The molecular formula is C32H36N4O4S. The fourth-order valence-electron chi connectivity index (χ4n) is 4.82. The number of aryl methyl sites for hydroxylation is 5. The molecule has 0 saturated heterocycles. The third-order valence-electron chi connectivity index (χ3n) is 6.96. The molecule has 3 aromatic carbocycles. The van der Waals surface area contributed by atoms with Crippen molar-refractivity contribution in [2.45, 2.75) is 46.4 Å². The first-order chi connectivity index (χ1) is 19.4. The molecule has 41 heavy (non-hydrogen) atoms. The normalized spacial score (nSPS) is 11.6. The van der Waals surface area contributed by atoms with Crippen LogP contribution in [0.25, 0.3) is 5.69 Å². The Labute approximate surface area is 242 Å². The van der Waals surface area contributed by atoms with Crippen LogP contribution >= 0.6 is 0 Å². The minimum Gasteiger partial charge on any atom is -0.495 e. The smallest absolute Gasteiger partial charge is 0.264 e. The Balaban J connectivity index is 1.61. The topological polar surface area (TPSA) is 93.0 Å².